The van der Waals surface area contributed by atoms with Crippen molar-refractivity contribution in [3.8, 4) is 0 Å². The van der Waals surface area contributed by atoms with E-state index in [-0.39, 0.29) is 24.2 Å². The first-order valence-electron chi connectivity index (χ1n) is 6.86. The van der Waals surface area contributed by atoms with Crippen LogP contribution >= 0.6 is 0 Å². The summed E-state index contributed by atoms with van der Waals surface area (Å²) < 4.78 is 10.5. The molecule has 2 bridgehead atoms. The third-order valence-electron chi connectivity index (χ3n) is 3.58. The Morgan fingerprint density at radius 2 is 2.11 bits per heavy atom. The molecule has 5 nitrogen and oxygen atoms in total. The van der Waals surface area contributed by atoms with Crippen molar-refractivity contribution in [3.63, 3.8) is 0 Å². The van der Waals surface area contributed by atoms with Crippen LogP contribution < -0.4 is 5.32 Å². The smallest absolute Gasteiger partial charge is 0.410 e. The molecule has 19 heavy (non-hydrogen) atoms. The number of carbonyl (C=O) groups excluding carboxylic acids is 1. The zero-order valence-corrected chi connectivity index (χ0v) is 12.2. The number of rotatable bonds is 2. The van der Waals surface area contributed by atoms with E-state index in [4.69, 9.17) is 9.47 Å². The predicted molar refractivity (Wildman–Crippen MR) is 72.8 cm³/mol. The fourth-order valence-corrected chi connectivity index (χ4v) is 2.83. The SMILES string of the molecule is COC=CC1NCC2CCC1N2C(=O)OC(C)(C)C. The standard InChI is InChI=1S/C14H24N2O3/c1-14(2,3)19-13(17)16-10-5-6-12(16)11(15-9-10)7-8-18-4/h7-8,10-12,15H,5-6,9H2,1-4H3. The summed E-state index contributed by atoms with van der Waals surface area (Å²) in [7, 11) is 1.63. The minimum absolute atomic E-state index is 0.145. The normalized spacial score (nSPS) is 30.7. The molecule has 0 radical (unpaired) electrons. The fourth-order valence-electron chi connectivity index (χ4n) is 2.83. The summed E-state index contributed by atoms with van der Waals surface area (Å²) in [5, 5.41) is 3.45. The summed E-state index contributed by atoms with van der Waals surface area (Å²) in [6.45, 7) is 6.51. The molecule has 1 amide bonds. The van der Waals surface area contributed by atoms with E-state index in [1.165, 1.54) is 0 Å². The highest BCUT2D eigenvalue weighted by atomic mass is 16.6. The van der Waals surface area contributed by atoms with Gasteiger partial charge in [-0.3, -0.25) is 4.90 Å². The molecule has 0 spiro atoms. The van der Waals surface area contributed by atoms with Gasteiger partial charge in [-0.1, -0.05) is 0 Å². The van der Waals surface area contributed by atoms with Crippen LogP contribution in [0.3, 0.4) is 0 Å². The topological polar surface area (TPSA) is 50.8 Å². The molecule has 2 saturated heterocycles. The maximum Gasteiger partial charge on any atom is 0.410 e. The van der Waals surface area contributed by atoms with E-state index in [0.29, 0.717) is 0 Å². The van der Waals surface area contributed by atoms with E-state index in [1.807, 2.05) is 31.7 Å². The number of fused-ring (bicyclic) bond motifs is 2. The van der Waals surface area contributed by atoms with Gasteiger partial charge in [-0.05, 0) is 39.7 Å². The lowest BCUT2D eigenvalue weighted by molar-refractivity contribution is 0.00667. The van der Waals surface area contributed by atoms with Crippen LogP contribution in [0.25, 0.3) is 0 Å². The van der Waals surface area contributed by atoms with Gasteiger partial charge in [0, 0.05) is 18.6 Å². The molecular formula is C14H24N2O3. The number of ether oxygens (including phenoxy) is 2. The zero-order valence-electron chi connectivity index (χ0n) is 12.2. The first kappa shape index (κ1) is 14.2. The lowest BCUT2D eigenvalue weighted by Gasteiger charge is -2.40. The van der Waals surface area contributed by atoms with Gasteiger partial charge in [0.25, 0.3) is 0 Å². The minimum atomic E-state index is -0.445. The minimum Gasteiger partial charge on any atom is -0.505 e. The number of nitrogens with zero attached hydrogens (tertiary/aromatic N) is 1. The lowest BCUT2D eigenvalue weighted by atomic mass is 10.1. The molecule has 0 aliphatic carbocycles. The molecule has 108 valence electrons. The molecule has 3 unspecified atom stereocenters. The molecule has 0 saturated carbocycles. The Labute approximate surface area is 114 Å². The Kier molecular flexibility index (Phi) is 4.04. The third kappa shape index (κ3) is 3.21. The van der Waals surface area contributed by atoms with Gasteiger partial charge in [0.15, 0.2) is 0 Å². The molecule has 0 aromatic heterocycles. The zero-order chi connectivity index (χ0) is 14.0. The Morgan fingerprint density at radius 3 is 2.74 bits per heavy atom. The average Bonchev–Trinajstić information content (AvgIpc) is 2.62. The van der Waals surface area contributed by atoms with Crippen LogP contribution in [0.2, 0.25) is 0 Å². The first-order valence-corrected chi connectivity index (χ1v) is 6.86. The van der Waals surface area contributed by atoms with Gasteiger partial charge < -0.3 is 14.8 Å². The van der Waals surface area contributed by atoms with Gasteiger partial charge in [0.2, 0.25) is 0 Å². The molecule has 2 rings (SSSR count). The quantitative estimate of drug-likeness (QED) is 0.777. The molecular weight excluding hydrogens is 244 g/mol. The summed E-state index contributed by atoms with van der Waals surface area (Å²) in [4.78, 5) is 14.2. The second-order valence-corrected chi connectivity index (χ2v) is 6.18. The molecule has 0 aromatic rings. The van der Waals surface area contributed by atoms with Crippen molar-refractivity contribution in [2.75, 3.05) is 13.7 Å². The number of piperazine rings is 1. The van der Waals surface area contributed by atoms with Crippen molar-refractivity contribution in [1.29, 1.82) is 0 Å². The predicted octanol–water partition coefficient (Wildman–Crippen LogP) is 1.89. The molecule has 2 aliphatic heterocycles. The summed E-state index contributed by atoms with van der Waals surface area (Å²) in [5.74, 6) is 0. The Hall–Kier alpha value is -1.23. The van der Waals surface area contributed by atoms with E-state index < -0.39 is 5.60 Å². The van der Waals surface area contributed by atoms with Gasteiger partial charge in [-0.2, -0.15) is 0 Å². The molecule has 0 aromatic carbocycles. The number of amides is 1. The summed E-state index contributed by atoms with van der Waals surface area (Å²) in [6, 6.07) is 0.568. The van der Waals surface area contributed by atoms with Crippen LogP contribution in [-0.4, -0.2) is 48.4 Å². The van der Waals surface area contributed by atoms with E-state index in [0.717, 1.165) is 19.4 Å². The van der Waals surface area contributed by atoms with Crippen LogP contribution in [0.1, 0.15) is 33.6 Å². The molecule has 2 fully saturated rings. The van der Waals surface area contributed by atoms with Gasteiger partial charge in [0.05, 0.1) is 19.4 Å². The van der Waals surface area contributed by atoms with E-state index in [1.54, 1.807) is 13.4 Å². The van der Waals surface area contributed by atoms with Crippen molar-refractivity contribution >= 4 is 6.09 Å². The van der Waals surface area contributed by atoms with E-state index in [9.17, 15) is 4.79 Å². The van der Waals surface area contributed by atoms with Gasteiger partial charge in [-0.15, -0.1) is 0 Å². The van der Waals surface area contributed by atoms with Crippen LogP contribution in [0.5, 0.6) is 0 Å². The van der Waals surface area contributed by atoms with Crippen molar-refractivity contribution in [3.05, 3.63) is 12.3 Å². The summed E-state index contributed by atoms with van der Waals surface area (Å²) in [6.07, 6.45) is 5.49. The number of nitrogens with one attached hydrogen (secondary N) is 1. The van der Waals surface area contributed by atoms with Crippen LogP contribution in [0.4, 0.5) is 4.79 Å². The van der Waals surface area contributed by atoms with Crippen molar-refractivity contribution in [2.45, 2.75) is 57.3 Å². The van der Waals surface area contributed by atoms with Crippen LogP contribution in [-0.2, 0) is 9.47 Å². The number of hydrogen-bond acceptors (Lipinski definition) is 4. The highest BCUT2D eigenvalue weighted by Gasteiger charge is 2.45. The summed E-state index contributed by atoms with van der Waals surface area (Å²) in [5.41, 5.74) is -0.445. The second kappa shape index (κ2) is 5.41. The Morgan fingerprint density at radius 1 is 1.37 bits per heavy atom. The molecule has 5 heteroatoms. The van der Waals surface area contributed by atoms with Crippen molar-refractivity contribution in [2.24, 2.45) is 0 Å². The number of carbonyl (C=O) groups is 1. The Bertz CT molecular complexity index is 362. The van der Waals surface area contributed by atoms with E-state index >= 15 is 0 Å². The van der Waals surface area contributed by atoms with Crippen molar-refractivity contribution in [1.82, 2.24) is 10.2 Å². The summed E-state index contributed by atoms with van der Waals surface area (Å²) >= 11 is 0. The molecule has 2 aliphatic rings. The van der Waals surface area contributed by atoms with Gasteiger partial charge in [0.1, 0.15) is 5.60 Å². The maximum absolute atomic E-state index is 12.3. The van der Waals surface area contributed by atoms with Crippen molar-refractivity contribution < 1.29 is 14.3 Å². The van der Waals surface area contributed by atoms with Gasteiger partial charge in [-0.25, -0.2) is 4.79 Å². The lowest BCUT2D eigenvalue weighted by Crippen LogP contribution is -2.59. The first-order chi connectivity index (χ1) is 8.92. The number of hydrogen-bond donors (Lipinski definition) is 1. The highest BCUT2D eigenvalue weighted by Crippen LogP contribution is 2.31. The third-order valence-corrected chi connectivity index (χ3v) is 3.58. The number of methoxy groups -OCH3 is 1. The van der Waals surface area contributed by atoms with Gasteiger partial charge >= 0.3 is 6.09 Å². The monoisotopic (exact) mass is 268 g/mol. The second-order valence-electron chi connectivity index (χ2n) is 6.18. The highest BCUT2D eigenvalue weighted by molar-refractivity contribution is 5.70. The molecule has 1 N–H and O–H groups in total. The maximum atomic E-state index is 12.3. The average molecular weight is 268 g/mol. The molecule has 2 heterocycles. The van der Waals surface area contributed by atoms with E-state index in [2.05, 4.69) is 5.32 Å². The largest absolute Gasteiger partial charge is 0.505 e. The molecule has 3 atom stereocenters. The Balaban J connectivity index is 2.08. The van der Waals surface area contributed by atoms with Crippen LogP contribution in [0, 0.1) is 0 Å². The fraction of sp³-hybridized carbons (Fsp3) is 0.786. The van der Waals surface area contributed by atoms with Crippen LogP contribution in [0.15, 0.2) is 12.3 Å².